The van der Waals surface area contributed by atoms with Crippen molar-refractivity contribution in [1.29, 1.82) is 0 Å². The summed E-state index contributed by atoms with van der Waals surface area (Å²) in [5, 5.41) is 7.67. The van der Waals surface area contributed by atoms with Crippen molar-refractivity contribution in [3.8, 4) is 21.9 Å². The van der Waals surface area contributed by atoms with Crippen molar-refractivity contribution in [2.24, 2.45) is 0 Å². The zero-order chi connectivity index (χ0) is 25.7. The van der Waals surface area contributed by atoms with Gasteiger partial charge in [-0.25, -0.2) is 13.4 Å². The summed E-state index contributed by atoms with van der Waals surface area (Å²) in [4.78, 5) is 10.1. The van der Waals surface area contributed by atoms with E-state index in [1.54, 1.807) is 17.5 Å². The summed E-state index contributed by atoms with van der Waals surface area (Å²) >= 11 is 1.56. The van der Waals surface area contributed by atoms with E-state index in [1.165, 1.54) is 6.26 Å². The number of para-hydroxylation sites is 1. The SMILES string of the molecule is CS(=O)(=O)CCNCc1ncsc1-c1ccc2c(Nc3ccc(Oc4ccccc4)cc3)ccnc2c1. The van der Waals surface area contributed by atoms with Crippen molar-refractivity contribution in [1.82, 2.24) is 15.3 Å². The predicted molar refractivity (Wildman–Crippen MR) is 151 cm³/mol. The first-order chi connectivity index (χ1) is 17.9. The number of nitrogens with zero attached hydrogens (tertiary/aromatic N) is 2. The van der Waals surface area contributed by atoms with Gasteiger partial charge in [-0.1, -0.05) is 30.3 Å². The lowest BCUT2D eigenvalue weighted by Gasteiger charge is -2.12. The number of hydrogen-bond donors (Lipinski definition) is 2. The zero-order valence-electron chi connectivity index (χ0n) is 20.2. The molecule has 0 bridgehead atoms. The molecule has 0 saturated heterocycles. The minimum atomic E-state index is -2.99. The van der Waals surface area contributed by atoms with Crippen LogP contribution in [-0.4, -0.2) is 36.9 Å². The summed E-state index contributed by atoms with van der Waals surface area (Å²) in [7, 11) is -2.99. The highest BCUT2D eigenvalue weighted by atomic mass is 32.2. The molecule has 5 aromatic rings. The standard InChI is InChI=1S/C28H26N4O3S2/c1-37(33,34)16-15-29-18-27-28(36-19-31-27)20-7-12-24-25(13-14-30-26(24)17-20)32-21-8-10-23(11-9-21)35-22-5-3-2-4-6-22/h2-14,17,19,29H,15-16,18H2,1H3,(H,30,32). The molecule has 0 aliphatic heterocycles. The Morgan fingerprint density at radius 1 is 0.919 bits per heavy atom. The Kier molecular flexibility index (Phi) is 7.45. The number of anilines is 2. The molecule has 2 heterocycles. The molecule has 188 valence electrons. The number of hydrogen-bond acceptors (Lipinski definition) is 8. The van der Waals surface area contributed by atoms with Gasteiger partial charge in [0.25, 0.3) is 0 Å². The van der Waals surface area contributed by atoms with Crippen LogP contribution in [0.1, 0.15) is 5.69 Å². The fourth-order valence-electron chi connectivity index (χ4n) is 3.88. The van der Waals surface area contributed by atoms with Crippen LogP contribution in [0.3, 0.4) is 0 Å². The smallest absolute Gasteiger partial charge is 0.148 e. The first-order valence-electron chi connectivity index (χ1n) is 11.7. The maximum Gasteiger partial charge on any atom is 0.148 e. The van der Waals surface area contributed by atoms with Crippen molar-refractivity contribution < 1.29 is 13.2 Å². The Labute approximate surface area is 220 Å². The van der Waals surface area contributed by atoms with E-state index >= 15 is 0 Å². The molecular formula is C28H26N4O3S2. The van der Waals surface area contributed by atoms with Gasteiger partial charge in [0.2, 0.25) is 0 Å². The van der Waals surface area contributed by atoms with Gasteiger partial charge in [-0.15, -0.1) is 11.3 Å². The number of ether oxygens (including phenoxy) is 1. The summed E-state index contributed by atoms with van der Waals surface area (Å²) in [5.41, 5.74) is 6.51. The lowest BCUT2D eigenvalue weighted by Crippen LogP contribution is -2.22. The molecule has 2 N–H and O–H groups in total. The van der Waals surface area contributed by atoms with Gasteiger partial charge in [-0.2, -0.15) is 0 Å². The summed E-state index contributed by atoms with van der Waals surface area (Å²) in [5.74, 6) is 1.67. The molecule has 2 aromatic heterocycles. The molecule has 0 fully saturated rings. The van der Waals surface area contributed by atoms with Gasteiger partial charge in [-0.05, 0) is 54.1 Å². The van der Waals surface area contributed by atoms with Crippen molar-refractivity contribution in [2.75, 3.05) is 23.9 Å². The van der Waals surface area contributed by atoms with Crippen LogP contribution >= 0.6 is 11.3 Å². The molecule has 0 radical (unpaired) electrons. The second-order valence-corrected chi connectivity index (χ2v) is 11.7. The molecule has 9 heteroatoms. The van der Waals surface area contributed by atoms with E-state index in [1.807, 2.05) is 66.2 Å². The average molecular weight is 531 g/mol. The molecule has 0 atom stereocenters. The summed E-state index contributed by atoms with van der Waals surface area (Å²) in [6.07, 6.45) is 3.03. The van der Waals surface area contributed by atoms with Gasteiger partial charge in [0, 0.05) is 42.3 Å². The van der Waals surface area contributed by atoms with Crippen LogP contribution in [0.4, 0.5) is 11.4 Å². The Morgan fingerprint density at radius 3 is 2.49 bits per heavy atom. The van der Waals surface area contributed by atoms with Gasteiger partial charge < -0.3 is 15.4 Å². The van der Waals surface area contributed by atoms with Crippen molar-refractivity contribution in [2.45, 2.75) is 6.54 Å². The second-order valence-electron chi connectivity index (χ2n) is 8.59. The predicted octanol–water partition coefficient (Wildman–Crippen LogP) is 6.03. The highest BCUT2D eigenvalue weighted by molar-refractivity contribution is 7.90. The van der Waals surface area contributed by atoms with Gasteiger partial charge in [-0.3, -0.25) is 4.98 Å². The minimum absolute atomic E-state index is 0.102. The molecule has 7 nitrogen and oxygen atoms in total. The number of sulfone groups is 1. The number of benzene rings is 3. The van der Waals surface area contributed by atoms with Crippen LogP contribution in [0.5, 0.6) is 11.5 Å². The third-order valence-corrected chi connectivity index (χ3v) is 7.56. The fraction of sp³-hybridized carbons (Fsp3) is 0.143. The molecule has 0 unspecified atom stereocenters. The van der Waals surface area contributed by atoms with Crippen molar-refractivity contribution >= 4 is 43.5 Å². The number of thiazole rings is 1. The molecule has 3 aromatic carbocycles. The van der Waals surface area contributed by atoms with Crippen molar-refractivity contribution in [3.05, 3.63) is 96.3 Å². The number of aromatic nitrogens is 2. The molecule has 0 amide bonds. The Balaban J connectivity index is 1.30. The van der Waals surface area contributed by atoms with Gasteiger partial charge in [0.15, 0.2) is 0 Å². The summed E-state index contributed by atoms with van der Waals surface area (Å²) < 4.78 is 28.6. The average Bonchev–Trinajstić information content (AvgIpc) is 3.36. The highest BCUT2D eigenvalue weighted by Gasteiger charge is 2.12. The monoisotopic (exact) mass is 530 g/mol. The number of pyridine rings is 1. The molecule has 0 saturated carbocycles. The van der Waals surface area contributed by atoms with Crippen LogP contribution in [0.15, 0.2) is 90.6 Å². The van der Waals surface area contributed by atoms with E-state index in [-0.39, 0.29) is 5.75 Å². The lowest BCUT2D eigenvalue weighted by molar-refractivity contribution is 0.483. The van der Waals surface area contributed by atoms with E-state index in [0.29, 0.717) is 13.1 Å². The van der Waals surface area contributed by atoms with Crippen LogP contribution in [-0.2, 0) is 16.4 Å². The summed E-state index contributed by atoms with van der Waals surface area (Å²) in [6.45, 7) is 0.898. The highest BCUT2D eigenvalue weighted by Crippen LogP contribution is 2.33. The van der Waals surface area contributed by atoms with Crippen LogP contribution < -0.4 is 15.4 Å². The normalized spacial score (nSPS) is 11.5. The van der Waals surface area contributed by atoms with Crippen LogP contribution in [0.25, 0.3) is 21.3 Å². The van der Waals surface area contributed by atoms with Gasteiger partial charge in [0.05, 0.1) is 27.4 Å². The molecule has 0 aliphatic rings. The van der Waals surface area contributed by atoms with Crippen LogP contribution in [0, 0.1) is 0 Å². The number of rotatable bonds is 10. The molecule has 0 aliphatic carbocycles. The van der Waals surface area contributed by atoms with Gasteiger partial charge >= 0.3 is 0 Å². The molecular weight excluding hydrogens is 504 g/mol. The Bertz CT molecular complexity index is 1600. The van der Waals surface area contributed by atoms with E-state index in [9.17, 15) is 8.42 Å². The summed E-state index contributed by atoms with van der Waals surface area (Å²) in [6, 6.07) is 25.7. The van der Waals surface area contributed by atoms with Gasteiger partial charge in [0.1, 0.15) is 21.3 Å². The quantitative estimate of drug-likeness (QED) is 0.213. The number of fused-ring (bicyclic) bond motifs is 1. The molecule has 0 spiro atoms. The molecule has 37 heavy (non-hydrogen) atoms. The molecule has 5 rings (SSSR count). The second kappa shape index (κ2) is 11.1. The van der Waals surface area contributed by atoms with E-state index in [4.69, 9.17) is 4.74 Å². The first kappa shape index (κ1) is 24.9. The largest absolute Gasteiger partial charge is 0.457 e. The third kappa shape index (κ3) is 6.51. The fourth-order valence-corrected chi connectivity index (χ4v) is 5.20. The maximum atomic E-state index is 11.4. The Hall–Kier alpha value is -3.79. The van der Waals surface area contributed by atoms with Crippen molar-refractivity contribution in [3.63, 3.8) is 0 Å². The van der Waals surface area contributed by atoms with Crippen LogP contribution in [0.2, 0.25) is 0 Å². The third-order valence-electron chi connectivity index (χ3n) is 5.70. The first-order valence-corrected chi connectivity index (χ1v) is 14.7. The van der Waals surface area contributed by atoms with E-state index in [2.05, 4.69) is 38.8 Å². The minimum Gasteiger partial charge on any atom is -0.457 e. The lowest BCUT2D eigenvalue weighted by atomic mass is 10.1. The topological polar surface area (TPSA) is 93.2 Å². The maximum absolute atomic E-state index is 11.4. The zero-order valence-corrected chi connectivity index (χ0v) is 21.9. The number of nitrogens with one attached hydrogen (secondary N) is 2. The van der Waals surface area contributed by atoms with E-state index in [0.717, 1.165) is 49.9 Å². The Morgan fingerprint density at radius 2 is 1.70 bits per heavy atom. The van der Waals surface area contributed by atoms with E-state index < -0.39 is 9.84 Å².